The lowest BCUT2D eigenvalue weighted by atomic mass is 9.61. The second kappa shape index (κ2) is 4.68. The molecule has 3 N–H and O–H groups in total. The number of nitrogens with zero attached hydrogens (tertiary/aromatic N) is 2. The highest BCUT2D eigenvalue weighted by Gasteiger charge is 2.51. The van der Waals surface area contributed by atoms with E-state index in [1.165, 1.54) is 0 Å². The Kier molecular flexibility index (Phi) is 3.38. The van der Waals surface area contributed by atoms with Gasteiger partial charge in [0.2, 0.25) is 5.91 Å². The maximum absolute atomic E-state index is 12.5. The van der Waals surface area contributed by atoms with Crippen molar-refractivity contribution in [1.29, 1.82) is 0 Å². The summed E-state index contributed by atoms with van der Waals surface area (Å²) in [5.41, 5.74) is 6.12. The average Bonchev–Trinajstić information content (AvgIpc) is 2.75. The minimum Gasteiger partial charge on any atom is -0.392 e. The van der Waals surface area contributed by atoms with Gasteiger partial charge >= 0.3 is 0 Å². The van der Waals surface area contributed by atoms with E-state index in [0.29, 0.717) is 17.5 Å². The number of hydrogen-bond donors (Lipinski definition) is 2. The van der Waals surface area contributed by atoms with E-state index < -0.39 is 5.41 Å². The summed E-state index contributed by atoms with van der Waals surface area (Å²) in [4.78, 5) is 14.5. The van der Waals surface area contributed by atoms with Crippen molar-refractivity contribution in [2.75, 3.05) is 7.05 Å². The molecule has 0 radical (unpaired) electrons. The molecule has 0 aliphatic heterocycles. The molecule has 1 amide bonds. The largest absolute Gasteiger partial charge is 0.392 e. The topological polar surface area (TPSA) is 75.0 Å². The molecule has 0 bridgehead atoms. The number of amides is 1. The molecule has 2 rings (SSSR count). The Labute approximate surface area is 112 Å². The molecule has 1 saturated carbocycles. The van der Waals surface area contributed by atoms with Crippen molar-refractivity contribution in [3.63, 3.8) is 0 Å². The van der Waals surface area contributed by atoms with Gasteiger partial charge in [-0.05, 0) is 18.8 Å². The van der Waals surface area contributed by atoms with Gasteiger partial charge in [0.05, 0.1) is 16.6 Å². The first kappa shape index (κ1) is 13.0. The quantitative estimate of drug-likeness (QED) is 0.799. The number of aromatic amines is 1. The number of nitrogens with two attached hydrogens (primary N) is 1. The van der Waals surface area contributed by atoms with Crippen molar-refractivity contribution < 1.29 is 4.79 Å². The van der Waals surface area contributed by atoms with E-state index in [1.54, 1.807) is 24.3 Å². The van der Waals surface area contributed by atoms with Gasteiger partial charge in [0.1, 0.15) is 0 Å². The predicted molar refractivity (Wildman–Crippen MR) is 72.7 cm³/mol. The Morgan fingerprint density at radius 1 is 1.72 bits per heavy atom. The third-order valence-corrected chi connectivity index (χ3v) is 3.99. The van der Waals surface area contributed by atoms with Crippen molar-refractivity contribution in [3.05, 3.63) is 18.0 Å². The second-order valence-electron chi connectivity index (χ2n) is 5.23. The monoisotopic (exact) mass is 266 g/mol. The number of H-pyrrole nitrogens is 1. The minimum atomic E-state index is -0.618. The molecule has 0 unspecified atom stereocenters. The average molecular weight is 266 g/mol. The lowest BCUT2D eigenvalue weighted by molar-refractivity contribution is -0.143. The first-order valence-electron chi connectivity index (χ1n) is 5.99. The van der Waals surface area contributed by atoms with Crippen LogP contribution in [-0.4, -0.2) is 33.0 Å². The van der Waals surface area contributed by atoms with E-state index in [-0.39, 0.29) is 5.91 Å². The predicted octanol–water partition coefficient (Wildman–Crippen LogP) is 1.07. The molecule has 6 heteroatoms. The minimum absolute atomic E-state index is 0.0225. The van der Waals surface area contributed by atoms with Crippen LogP contribution in [-0.2, 0) is 11.3 Å². The summed E-state index contributed by atoms with van der Waals surface area (Å²) in [6.07, 6.45) is 5.01. The van der Waals surface area contributed by atoms with Gasteiger partial charge in [-0.2, -0.15) is 5.10 Å². The first-order valence-corrected chi connectivity index (χ1v) is 6.39. The fourth-order valence-electron chi connectivity index (χ4n) is 2.69. The van der Waals surface area contributed by atoms with Crippen LogP contribution < -0.4 is 5.73 Å². The van der Waals surface area contributed by atoms with Crippen LogP contribution in [0.15, 0.2) is 12.4 Å². The van der Waals surface area contributed by atoms with Crippen LogP contribution in [0.2, 0.25) is 0 Å². The van der Waals surface area contributed by atoms with Gasteiger partial charge in [0.15, 0.2) is 0 Å². The zero-order chi connectivity index (χ0) is 13.3. The number of hydrogen-bond acceptors (Lipinski definition) is 3. The normalized spacial score (nSPS) is 26.4. The summed E-state index contributed by atoms with van der Waals surface area (Å²) in [6, 6.07) is 0. The molecule has 1 aliphatic carbocycles. The fraction of sp³-hybridized carbons (Fsp3) is 0.583. The molecule has 1 aromatic heterocycles. The molecular formula is C12H18N4OS. The van der Waals surface area contributed by atoms with E-state index in [4.69, 9.17) is 18.0 Å². The molecular weight excluding hydrogens is 248 g/mol. The van der Waals surface area contributed by atoms with Crippen LogP contribution in [0.1, 0.15) is 25.3 Å². The van der Waals surface area contributed by atoms with Gasteiger partial charge in [-0.25, -0.2) is 0 Å². The maximum Gasteiger partial charge on any atom is 0.235 e. The Balaban J connectivity index is 2.08. The highest BCUT2D eigenvalue weighted by atomic mass is 32.1. The van der Waals surface area contributed by atoms with E-state index in [2.05, 4.69) is 17.1 Å². The van der Waals surface area contributed by atoms with Crippen LogP contribution in [0.4, 0.5) is 0 Å². The Hall–Kier alpha value is -1.43. The van der Waals surface area contributed by atoms with E-state index in [0.717, 1.165) is 18.4 Å². The molecule has 98 valence electrons. The summed E-state index contributed by atoms with van der Waals surface area (Å²) in [5, 5.41) is 6.60. The summed E-state index contributed by atoms with van der Waals surface area (Å²) >= 11 is 5.09. The van der Waals surface area contributed by atoms with Crippen molar-refractivity contribution in [2.45, 2.75) is 26.3 Å². The lowest BCUT2D eigenvalue weighted by Gasteiger charge is -2.45. The molecule has 0 spiro atoms. The molecule has 0 atom stereocenters. The smallest absolute Gasteiger partial charge is 0.235 e. The number of carbonyl (C=O) groups is 1. The van der Waals surface area contributed by atoms with Crippen molar-refractivity contribution in [2.24, 2.45) is 17.1 Å². The second-order valence-corrected chi connectivity index (χ2v) is 5.67. The number of thiocarbonyl (C=S) groups is 1. The molecule has 5 nitrogen and oxygen atoms in total. The molecule has 0 saturated heterocycles. The number of carbonyl (C=O) groups excluding carboxylic acids is 1. The molecule has 1 aromatic rings. The molecule has 18 heavy (non-hydrogen) atoms. The zero-order valence-corrected chi connectivity index (χ0v) is 11.5. The van der Waals surface area contributed by atoms with Gasteiger partial charge < -0.3 is 10.6 Å². The SMILES string of the molecule is CC1CC(C(=O)N(C)Cc2cn[nH]c2)(C(N)=S)C1. The summed E-state index contributed by atoms with van der Waals surface area (Å²) in [6.45, 7) is 2.63. The summed E-state index contributed by atoms with van der Waals surface area (Å²) in [5.74, 6) is 0.534. The van der Waals surface area contributed by atoms with Crippen LogP contribution in [0, 0.1) is 11.3 Å². The van der Waals surface area contributed by atoms with Crippen molar-refractivity contribution in [3.8, 4) is 0 Å². The zero-order valence-electron chi connectivity index (χ0n) is 10.6. The third kappa shape index (κ3) is 2.12. The van der Waals surface area contributed by atoms with Crippen molar-refractivity contribution in [1.82, 2.24) is 15.1 Å². The van der Waals surface area contributed by atoms with Gasteiger partial charge in [0.25, 0.3) is 0 Å². The molecule has 1 fully saturated rings. The standard InChI is InChI=1S/C12H18N4OS/c1-8-3-12(4-8,10(13)18)11(17)16(2)7-9-5-14-15-6-9/h5-6,8H,3-4,7H2,1-2H3,(H2,13,18)(H,14,15). The van der Waals surface area contributed by atoms with Crippen LogP contribution in [0.25, 0.3) is 0 Å². The summed E-state index contributed by atoms with van der Waals surface area (Å²) in [7, 11) is 1.78. The Morgan fingerprint density at radius 3 is 2.83 bits per heavy atom. The number of nitrogens with one attached hydrogen (secondary N) is 1. The Bertz CT molecular complexity index is 451. The highest BCUT2D eigenvalue weighted by Crippen LogP contribution is 2.47. The number of aromatic nitrogens is 2. The molecule has 1 aliphatic rings. The van der Waals surface area contributed by atoms with E-state index in [9.17, 15) is 4.79 Å². The fourth-order valence-corrected chi connectivity index (χ4v) is 2.94. The van der Waals surface area contributed by atoms with Gasteiger partial charge in [-0.15, -0.1) is 0 Å². The van der Waals surface area contributed by atoms with Gasteiger partial charge in [-0.1, -0.05) is 19.1 Å². The van der Waals surface area contributed by atoms with E-state index >= 15 is 0 Å². The van der Waals surface area contributed by atoms with Gasteiger partial charge in [-0.3, -0.25) is 9.89 Å². The third-order valence-electron chi connectivity index (χ3n) is 3.60. The van der Waals surface area contributed by atoms with Crippen molar-refractivity contribution >= 4 is 23.1 Å². The molecule has 0 aromatic carbocycles. The lowest BCUT2D eigenvalue weighted by Crippen LogP contribution is -2.56. The Morgan fingerprint density at radius 2 is 2.39 bits per heavy atom. The van der Waals surface area contributed by atoms with Crippen LogP contribution >= 0.6 is 12.2 Å². The van der Waals surface area contributed by atoms with Gasteiger partial charge in [0, 0.05) is 25.4 Å². The highest BCUT2D eigenvalue weighted by molar-refractivity contribution is 7.80. The number of rotatable bonds is 4. The summed E-state index contributed by atoms with van der Waals surface area (Å²) < 4.78 is 0. The van der Waals surface area contributed by atoms with Crippen LogP contribution in [0.3, 0.4) is 0 Å². The van der Waals surface area contributed by atoms with E-state index in [1.807, 2.05) is 0 Å². The van der Waals surface area contributed by atoms with Crippen LogP contribution in [0.5, 0.6) is 0 Å². The first-order chi connectivity index (χ1) is 8.45. The molecule has 1 heterocycles. The maximum atomic E-state index is 12.5.